The Morgan fingerprint density at radius 2 is 1.72 bits per heavy atom. The number of aryl methyl sites for hydroxylation is 3. The quantitative estimate of drug-likeness (QED) is 0.843. The van der Waals surface area contributed by atoms with Crippen LogP contribution in [0.15, 0.2) is 52.4 Å². The van der Waals surface area contributed by atoms with Gasteiger partial charge in [-0.25, -0.2) is 8.42 Å². The van der Waals surface area contributed by atoms with Crippen molar-refractivity contribution in [2.45, 2.75) is 44.2 Å². The van der Waals surface area contributed by atoms with E-state index in [-0.39, 0.29) is 5.91 Å². The zero-order valence-corrected chi connectivity index (χ0v) is 17.7. The predicted octanol–water partition coefficient (Wildman–Crippen LogP) is 2.71. The van der Waals surface area contributed by atoms with Gasteiger partial charge in [-0.1, -0.05) is 29.8 Å². The van der Waals surface area contributed by atoms with E-state index in [1.54, 1.807) is 12.1 Å². The molecular weight excluding hydrogens is 386 g/mol. The number of hydrogen-bond acceptors (Lipinski definition) is 4. The Kier molecular flexibility index (Phi) is 4.83. The van der Waals surface area contributed by atoms with Crippen molar-refractivity contribution in [2.75, 3.05) is 13.1 Å². The number of carbonyl (C=O) groups is 1. The van der Waals surface area contributed by atoms with Crippen LogP contribution in [0, 0.1) is 20.8 Å². The lowest BCUT2D eigenvalue weighted by atomic mass is 10.00. The molecule has 0 aromatic heterocycles. The standard InChI is InChI=1S/C22H25N3O3S/c1-15-5-4-6-18(13-15)20-21(26)24-22(23-20)9-11-25(12-10-22)29(27,28)19-8-7-16(2)17(3)14-19/h4-8,13-14H,9-12H2,1-3H3,(H,24,26). The lowest BCUT2D eigenvalue weighted by Crippen LogP contribution is -2.52. The molecule has 4 rings (SSSR count). The number of rotatable bonds is 3. The van der Waals surface area contributed by atoms with E-state index in [2.05, 4.69) is 5.32 Å². The molecule has 0 aliphatic carbocycles. The molecule has 1 amide bonds. The minimum absolute atomic E-state index is 0.193. The second-order valence-corrected chi connectivity index (χ2v) is 9.90. The van der Waals surface area contributed by atoms with Gasteiger partial charge in [-0.2, -0.15) is 4.31 Å². The van der Waals surface area contributed by atoms with Crippen LogP contribution < -0.4 is 5.32 Å². The molecule has 152 valence electrons. The molecule has 0 saturated carbocycles. The topological polar surface area (TPSA) is 78.8 Å². The van der Waals surface area contributed by atoms with Gasteiger partial charge in [-0.15, -0.1) is 0 Å². The summed E-state index contributed by atoms with van der Waals surface area (Å²) in [4.78, 5) is 17.6. The summed E-state index contributed by atoms with van der Waals surface area (Å²) in [6.45, 7) is 6.49. The normalized spacial score (nSPS) is 19.3. The van der Waals surface area contributed by atoms with Gasteiger partial charge in [0.05, 0.1) is 4.90 Å². The zero-order chi connectivity index (χ0) is 20.8. The maximum atomic E-state index is 13.0. The molecule has 2 aliphatic heterocycles. The van der Waals surface area contributed by atoms with Gasteiger partial charge < -0.3 is 5.32 Å². The molecule has 1 saturated heterocycles. The van der Waals surface area contributed by atoms with E-state index in [1.807, 2.05) is 51.1 Å². The smallest absolute Gasteiger partial charge is 0.272 e. The number of hydrogen-bond donors (Lipinski definition) is 1. The van der Waals surface area contributed by atoms with Crippen molar-refractivity contribution in [1.29, 1.82) is 0 Å². The van der Waals surface area contributed by atoms with Crippen LogP contribution >= 0.6 is 0 Å². The maximum absolute atomic E-state index is 13.0. The molecule has 6 nitrogen and oxygen atoms in total. The molecule has 0 atom stereocenters. The number of amides is 1. The molecule has 2 aromatic carbocycles. The van der Waals surface area contributed by atoms with Crippen LogP contribution in [-0.2, 0) is 14.8 Å². The summed E-state index contributed by atoms with van der Waals surface area (Å²) in [6, 6.07) is 12.9. The lowest BCUT2D eigenvalue weighted by Gasteiger charge is -2.36. The summed E-state index contributed by atoms with van der Waals surface area (Å²) in [6.07, 6.45) is 0.913. The van der Waals surface area contributed by atoms with E-state index in [4.69, 9.17) is 4.99 Å². The fraction of sp³-hybridized carbons (Fsp3) is 0.364. The largest absolute Gasteiger partial charge is 0.326 e. The van der Waals surface area contributed by atoms with Crippen molar-refractivity contribution in [3.8, 4) is 0 Å². The Labute approximate surface area is 171 Å². The SMILES string of the molecule is Cc1cccc(C2=NC3(CCN(S(=O)(=O)c4ccc(C)c(C)c4)CC3)NC2=O)c1. The molecule has 1 fully saturated rings. The van der Waals surface area contributed by atoms with Crippen molar-refractivity contribution in [2.24, 2.45) is 4.99 Å². The number of nitrogens with one attached hydrogen (secondary N) is 1. The van der Waals surface area contributed by atoms with Gasteiger partial charge in [0.2, 0.25) is 10.0 Å². The van der Waals surface area contributed by atoms with E-state index in [0.717, 1.165) is 22.3 Å². The Morgan fingerprint density at radius 3 is 2.38 bits per heavy atom. The number of aliphatic imine (C=N–C) groups is 1. The Bertz CT molecular complexity index is 1110. The second-order valence-electron chi connectivity index (χ2n) is 7.97. The second kappa shape index (κ2) is 7.07. The van der Waals surface area contributed by atoms with E-state index in [1.165, 1.54) is 4.31 Å². The molecule has 1 N–H and O–H groups in total. The predicted molar refractivity (Wildman–Crippen MR) is 112 cm³/mol. The molecule has 0 unspecified atom stereocenters. The Balaban J connectivity index is 1.54. The molecule has 2 aromatic rings. The van der Waals surface area contributed by atoms with E-state index < -0.39 is 15.7 Å². The molecule has 2 aliphatic rings. The third-order valence-electron chi connectivity index (χ3n) is 5.84. The summed E-state index contributed by atoms with van der Waals surface area (Å²) < 4.78 is 27.6. The number of sulfonamides is 1. The monoisotopic (exact) mass is 411 g/mol. The van der Waals surface area contributed by atoms with Crippen LogP contribution in [0.4, 0.5) is 0 Å². The number of benzene rings is 2. The molecule has 1 spiro atoms. The van der Waals surface area contributed by atoms with Crippen molar-refractivity contribution in [3.63, 3.8) is 0 Å². The summed E-state index contributed by atoms with van der Waals surface area (Å²) in [5.41, 5.74) is 3.59. The fourth-order valence-electron chi connectivity index (χ4n) is 3.91. The van der Waals surface area contributed by atoms with Crippen molar-refractivity contribution < 1.29 is 13.2 Å². The minimum atomic E-state index is -3.56. The number of nitrogens with zero attached hydrogens (tertiary/aromatic N) is 2. The third kappa shape index (κ3) is 3.60. The van der Waals surface area contributed by atoms with Crippen molar-refractivity contribution in [3.05, 3.63) is 64.7 Å². The highest BCUT2D eigenvalue weighted by Crippen LogP contribution is 2.31. The molecule has 0 radical (unpaired) electrons. The first-order valence-corrected chi connectivity index (χ1v) is 11.2. The molecule has 2 heterocycles. The van der Waals surface area contributed by atoms with Crippen LogP contribution in [0.1, 0.15) is 35.1 Å². The van der Waals surface area contributed by atoms with Gasteiger partial charge in [0, 0.05) is 31.5 Å². The van der Waals surface area contributed by atoms with Crippen LogP contribution in [0.25, 0.3) is 0 Å². The summed E-state index contributed by atoms with van der Waals surface area (Å²) >= 11 is 0. The summed E-state index contributed by atoms with van der Waals surface area (Å²) in [5.74, 6) is -0.193. The van der Waals surface area contributed by atoms with Gasteiger partial charge in [0.1, 0.15) is 11.4 Å². The van der Waals surface area contributed by atoms with Gasteiger partial charge in [0.25, 0.3) is 5.91 Å². The fourth-order valence-corrected chi connectivity index (χ4v) is 5.44. The highest BCUT2D eigenvalue weighted by molar-refractivity contribution is 7.89. The number of piperidine rings is 1. The van der Waals surface area contributed by atoms with E-state index in [9.17, 15) is 13.2 Å². The number of carbonyl (C=O) groups excluding carboxylic acids is 1. The highest BCUT2D eigenvalue weighted by Gasteiger charge is 2.44. The first kappa shape index (κ1) is 19.8. The Hall–Kier alpha value is -2.51. The molecule has 0 bridgehead atoms. The molecule has 29 heavy (non-hydrogen) atoms. The van der Waals surface area contributed by atoms with Gasteiger partial charge in [0.15, 0.2) is 0 Å². The zero-order valence-electron chi connectivity index (χ0n) is 16.9. The van der Waals surface area contributed by atoms with Crippen LogP contribution in [-0.4, -0.2) is 43.1 Å². The van der Waals surface area contributed by atoms with Crippen molar-refractivity contribution >= 4 is 21.6 Å². The van der Waals surface area contributed by atoms with Crippen LogP contribution in [0.3, 0.4) is 0 Å². The van der Waals surface area contributed by atoms with E-state index in [0.29, 0.717) is 36.5 Å². The van der Waals surface area contributed by atoms with Crippen molar-refractivity contribution in [1.82, 2.24) is 9.62 Å². The van der Waals surface area contributed by atoms with E-state index >= 15 is 0 Å². The summed E-state index contributed by atoms with van der Waals surface area (Å²) in [7, 11) is -3.56. The third-order valence-corrected chi connectivity index (χ3v) is 7.74. The lowest BCUT2D eigenvalue weighted by molar-refractivity contribution is -0.115. The first-order valence-electron chi connectivity index (χ1n) is 9.77. The Morgan fingerprint density at radius 1 is 1.00 bits per heavy atom. The maximum Gasteiger partial charge on any atom is 0.272 e. The van der Waals surface area contributed by atoms with Gasteiger partial charge >= 0.3 is 0 Å². The van der Waals surface area contributed by atoms with Crippen LogP contribution in [0.5, 0.6) is 0 Å². The highest BCUT2D eigenvalue weighted by atomic mass is 32.2. The average molecular weight is 412 g/mol. The van der Waals surface area contributed by atoms with Gasteiger partial charge in [-0.3, -0.25) is 9.79 Å². The average Bonchev–Trinajstić information content (AvgIpc) is 3.00. The van der Waals surface area contributed by atoms with Crippen LogP contribution in [0.2, 0.25) is 0 Å². The van der Waals surface area contributed by atoms with Gasteiger partial charge in [-0.05, 0) is 50.1 Å². The first-order chi connectivity index (χ1) is 13.7. The molecule has 7 heteroatoms. The summed E-state index contributed by atoms with van der Waals surface area (Å²) in [5, 5.41) is 3.00. The minimum Gasteiger partial charge on any atom is -0.326 e. The molecular formula is C22H25N3O3S.